The van der Waals surface area contributed by atoms with Crippen molar-refractivity contribution >= 4 is 0 Å². The van der Waals surface area contributed by atoms with E-state index in [-0.39, 0.29) is 0 Å². The number of aryl methyl sites for hydroxylation is 1. The van der Waals surface area contributed by atoms with E-state index in [0.29, 0.717) is 6.04 Å². The van der Waals surface area contributed by atoms with Crippen molar-refractivity contribution in [1.29, 1.82) is 0 Å². The zero-order valence-electron chi connectivity index (χ0n) is 12.0. The number of aromatic nitrogens is 2. The lowest BCUT2D eigenvalue weighted by Gasteiger charge is -2.33. The van der Waals surface area contributed by atoms with Gasteiger partial charge >= 0.3 is 0 Å². The molecule has 0 amide bonds. The van der Waals surface area contributed by atoms with E-state index in [9.17, 15) is 0 Å². The Hall–Kier alpha value is -0.830. The van der Waals surface area contributed by atoms with Crippen LogP contribution in [0.3, 0.4) is 0 Å². The van der Waals surface area contributed by atoms with E-state index in [0.717, 1.165) is 11.8 Å². The van der Waals surface area contributed by atoms with Crippen LogP contribution < -0.4 is 5.32 Å². The topological polar surface area (TPSA) is 29.9 Å². The minimum atomic E-state index is 0.439. The molecule has 0 saturated heterocycles. The molecule has 1 fully saturated rings. The lowest BCUT2D eigenvalue weighted by molar-refractivity contribution is 0.217. The van der Waals surface area contributed by atoms with Crippen molar-refractivity contribution in [3.63, 3.8) is 0 Å². The predicted octanol–water partition coefficient (Wildman–Crippen LogP) is 3.29. The minimum Gasteiger partial charge on any atom is -0.311 e. The van der Waals surface area contributed by atoms with Crippen molar-refractivity contribution in [2.24, 2.45) is 18.9 Å². The summed E-state index contributed by atoms with van der Waals surface area (Å²) in [7, 11) is 4.06. The van der Waals surface area contributed by atoms with Crippen molar-refractivity contribution in [2.45, 2.75) is 51.5 Å². The minimum absolute atomic E-state index is 0.439. The van der Waals surface area contributed by atoms with Gasteiger partial charge in [0.05, 0.1) is 11.7 Å². The molecule has 1 aromatic heterocycles. The third kappa shape index (κ3) is 3.14. The molecule has 0 radical (unpaired) electrons. The number of hydrogen-bond donors (Lipinski definition) is 1. The quantitative estimate of drug-likeness (QED) is 0.868. The fraction of sp³-hybridized carbons (Fsp3) is 0.800. The van der Waals surface area contributed by atoms with Gasteiger partial charge in [-0.3, -0.25) is 4.68 Å². The molecular weight excluding hydrogens is 222 g/mol. The Morgan fingerprint density at radius 2 is 2.11 bits per heavy atom. The molecule has 1 heterocycles. The third-order valence-corrected chi connectivity index (χ3v) is 4.42. The van der Waals surface area contributed by atoms with E-state index < -0.39 is 0 Å². The molecule has 0 aromatic carbocycles. The van der Waals surface area contributed by atoms with Crippen molar-refractivity contribution in [2.75, 3.05) is 7.05 Å². The molecule has 1 atom stereocenters. The summed E-state index contributed by atoms with van der Waals surface area (Å²) >= 11 is 0. The Labute approximate surface area is 111 Å². The summed E-state index contributed by atoms with van der Waals surface area (Å²) < 4.78 is 1.91. The number of nitrogens with zero attached hydrogens (tertiary/aromatic N) is 2. The van der Waals surface area contributed by atoms with Gasteiger partial charge in [0.25, 0.3) is 0 Å². The monoisotopic (exact) mass is 249 g/mol. The molecule has 0 bridgehead atoms. The molecule has 102 valence electrons. The molecule has 3 heteroatoms. The van der Waals surface area contributed by atoms with Gasteiger partial charge in [0.2, 0.25) is 0 Å². The van der Waals surface area contributed by atoms with Crippen LogP contribution in [0.1, 0.15) is 57.2 Å². The Kier molecular flexibility index (Phi) is 4.81. The fourth-order valence-electron chi connectivity index (χ4n) is 3.44. The first kappa shape index (κ1) is 13.6. The Morgan fingerprint density at radius 1 is 1.39 bits per heavy atom. The van der Waals surface area contributed by atoms with E-state index in [1.807, 2.05) is 17.9 Å². The van der Waals surface area contributed by atoms with Crippen LogP contribution in [0.2, 0.25) is 0 Å². The number of nitrogens with one attached hydrogen (secondary N) is 1. The second kappa shape index (κ2) is 6.37. The summed E-state index contributed by atoms with van der Waals surface area (Å²) in [6.45, 7) is 2.30. The fourth-order valence-corrected chi connectivity index (χ4v) is 3.44. The molecule has 1 aliphatic carbocycles. The maximum absolute atomic E-state index is 4.57. The summed E-state index contributed by atoms with van der Waals surface area (Å²) in [5.74, 6) is 1.74. The number of hydrogen-bond acceptors (Lipinski definition) is 2. The summed E-state index contributed by atoms with van der Waals surface area (Å²) in [4.78, 5) is 0. The Morgan fingerprint density at radius 3 is 2.61 bits per heavy atom. The average Bonchev–Trinajstić information content (AvgIpc) is 2.79. The van der Waals surface area contributed by atoms with E-state index in [1.54, 1.807) is 0 Å². The van der Waals surface area contributed by atoms with Crippen LogP contribution in [0.25, 0.3) is 0 Å². The smallest absolute Gasteiger partial charge is 0.0796 e. The molecule has 3 nitrogen and oxygen atoms in total. The lowest BCUT2D eigenvalue weighted by atomic mass is 9.76. The molecule has 1 aromatic rings. The molecule has 1 N–H and O–H groups in total. The lowest BCUT2D eigenvalue weighted by Crippen LogP contribution is -2.29. The van der Waals surface area contributed by atoms with Crippen LogP contribution in [-0.2, 0) is 7.05 Å². The van der Waals surface area contributed by atoms with Gasteiger partial charge in [-0.2, -0.15) is 5.10 Å². The summed E-state index contributed by atoms with van der Waals surface area (Å²) in [5.41, 5.74) is 1.21. The zero-order valence-corrected chi connectivity index (χ0v) is 12.0. The first-order valence-electron chi connectivity index (χ1n) is 7.41. The molecule has 0 spiro atoms. The maximum atomic E-state index is 4.57. The van der Waals surface area contributed by atoms with Crippen LogP contribution in [0.4, 0.5) is 0 Å². The van der Waals surface area contributed by atoms with Gasteiger partial charge in [-0.05, 0) is 37.8 Å². The molecule has 1 saturated carbocycles. The number of rotatable bonds is 5. The van der Waals surface area contributed by atoms with Gasteiger partial charge in [-0.15, -0.1) is 0 Å². The van der Waals surface area contributed by atoms with Gasteiger partial charge in [0.15, 0.2) is 0 Å². The van der Waals surface area contributed by atoms with Gasteiger partial charge in [0, 0.05) is 13.2 Å². The van der Waals surface area contributed by atoms with E-state index in [1.165, 1.54) is 44.2 Å². The second-order valence-corrected chi connectivity index (χ2v) is 5.75. The van der Waals surface area contributed by atoms with E-state index in [4.69, 9.17) is 0 Å². The first-order chi connectivity index (χ1) is 8.74. The van der Waals surface area contributed by atoms with Crippen LogP contribution in [0.15, 0.2) is 12.3 Å². The largest absolute Gasteiger partial charge is 0.311 e. The molecule has 0 aliphatic heterocycles. The van der Waals surface area contributed by atoms with Crippen LogP contribution in [0.5, 0.6) is 0 Å². The Balaban J connectivity index is 1.94. The standard InChI is InChI=1S/C15H27N3/c1-4-5-12-6-8-13(9-7-12)15(16-2)14-10-11-18(3)17-14/h10-13,15-16H,4-9H2,1-3H3. The molecule has 18 heavy (non-hydrogen) atoms. The van der Waals surface area contributed by atoms with Crippen molar-refractivity contribution in [3.8, 4) is 0 Å². The predicted molar refractivity (Wildman–Crippen MR) is 75.4 cm³/mol. The van der Waals surface area contributed by atoms with Crippen LogP contribution >= 0.6 is 0 Å². The Bertz CT molecular complexity index is 350. The van der Waals surface area contributed by atoms with Crippen molar-refractivity contribution < 1.29 is 0 Å². The summed E-state index contributed by atoms with van der Waals surface area (Å²) in [6.07, 6.45) is 10.3. The molecule has 1 unspecified atom stereocenters. The van der Waals surface area contributed by atoms with Gasteiger partial charge < -0.3 is 5.32 Å². The highest BCUT2D eigenvalue weighted by atomic mass is 15.3. The summed E-state index contributed by atoms with van der Waals surface area (Å²) in [6, 6.07) is 2.59. The first-order valence-corrected chi connectivity index (χ1v) is 7.41. The zero-order chi connectivity index (χ0) is 13.0. The van der Waals surface area contributed by atoms with Crippen molar-refractivity contribution in [1.82, 2.24) is 15.1 Å². The van der Waals surface area contributed by atoms with Crippen LogP contribution in [0, 0.1) is 11.8 Å². The van der Waals surface area contributed by atoms with Crippen LogP contribution in [-0.4, -0.2) is 16.8 Å². The van der Waals surface area contributed by atoms with Gasteiger partial charge in [-0.25, -0.2) is 0 Å². The van der Waals surface area contributed by atoms with Gasteiger partial charge in [0.1, 0.15) is 0 Å². The third-order valence-electron chi connectivity index (χ3n) is 4.42. The average molecular weight is 249 g/mol. The maximum Gasteiger partial charge on any atom is 0.0796 e. The molecular formula is C15H27N3. The second-order valence-electron chi connectivity index (χ2n) is 5.75. The molecule has 1 aliphatic rings. The summed E-state index contributed by atoms with van der Waals surface area (Å²) in [5, 5.41) is 8.04. The van der Waals surface area contributed by atoms with Gasteiger partial charge in [-0.1, -0.05) is 32.6 Å². The highest BCUT2D eigenvalue weighted by Gasteiger charge is 2.28. The SMILES string of the molecule is CCCC1CCC(C(NC)c2ccn(C)n2)CC1. The highest BCUT2D eigenvalue weighted by Crippen LogP contribution is 2.37. The molecule has 2 rings (SSSR count). The van der Waals surface area contributed by atoms with Crippen molar-refractivity contribution in [3.05, 3.63) is 18.0 Å². The van der Waals surface area contributed by atoms with E-state index in [2.05, 4.69) is 30.5 Å². The van der Waals surface area contributed by atoms with E-state index >= 15 is 0 Å². The highest BCUT2D eigenvalue weighted by molar-refractivity contribution is 5.07. The normalized spacial score (nSPS) is 26.2.